The summed E-state index contributed by atoms with van der Waals surface area (Å²) in [4.78, 5) is 17.3. The lowest BCUT2D eigenvalue weighted by molar-refractivity contribution is -0.142. The molecule has 1 aliphatic rings. The first-order valence-corrected chi connectivity index (χ1v) is 8.47. The molecule has 1 aromatic heterocycles. The molecule has 27 heavy (non-hydrogen) atoms. The van der Waals surface area contributed by atoms with Gasteiger partial charge < -0.3 is 14.4 Å². The van der Waals surface area contributed by atoms with Crippen molar-refractivity contribution in [3.05, 3.63) is 53.7 Å². The van der Waals surface area contributed by atoms with E-state index in [2.05, 4.69) is 4.98 Å². The Bertz CT molecular complexity index is 788. The van der Waals surface area contributed by atoms with E-state index in [0.29, 0.717) is 25.9 Å². The van der Waals surface area contributed by atoms with Gasteiger partial charge in [-0.3, -0.25) is 4.79 Å². The van der Waals surface area contributed by atoms with Crippen molar-refractivity contribution in [3.63, 3.8) is 0 Å². The van der Waals surface area contributed by atoms with Gasteiger partial charge in [0.15, 0.2) is 0 Å². The molecule has 3 rings (SSSR count). The van der Waals surface area contributed by atoms with Crippen LogP contribution >= 0.6 is 0 Å². The van der Waals surface area contributed by atoms with Gasteiger partial charge in [-0.25, -0.2) is 4.98 Å². The smallest absolute Gasteiger partial charge is 0.433 e. The van der Waals surface area contributed by atoms with Gasteiger partial charge in [-0.15, -0.1) is 0 Å². The fraction of sp³-hybridized carbons (Fsp3) is 0.368. The molecule has 2 aromatic rings. The number of aryl methyl sites for hydroxylation is 1. The first-order chi connectivity index (χ1) is 12.8. The average molecular weight is 380 g/mol. The van der Waals surface area contributed by atoms with Gasteiger partial charge in [0.25, 0.3) is 0 Å². The van der Waals surface area contributed by atoms with Crippen molar-refractivity contribution >= 4 is 5.91 Å². The number of nitrogens with zero attached hydrogens (tertiary/aromatic N) is 2. The number of likely N-dealkylation sites (tertiary alicyclic amines) is 1. The zero-order valence-electron chi connectivity index (χ0n) is 14.7. The number of alkyl halides is 3. The summed E-state index contributed by atoms with van der Waals surface area (Å²) in [5.74, 6) is 0.666. The summed E-state index contributed by atoms with van der Waals surface area (Å²) in [6, 6.07) is 11.0. The second kappa shape index (κ2) is 7.85. The van der Waals surface area contributed by atoms with E-state index in [4.69, 9.17) is 9.47 Å². The van der Waals surface area contributed by atoms with Crippen LogP contribution < -0.4 is 9.47 Å². The Morgan fingerprint density at radius 1 is 1.19 bits per heavy atom. The van der Waals surface area contributed by atoms with Gasteiger partial charge in [-0.1, -0.05) is 18.2 Å². The normalized spacial score (nSPS) is 14.6. The van der Waals surface area contributed by atoms with E-state index in [0.717, 1.165) is 17.4 Å². The van der Waals surface area contributed by atoms with E-state index in [-0.39, 0.29) is 17.9 Å². The number of amides is 1. The summed E-state index contributed by atoms with van der Waals surface area (Å²) in [5, 5.41) is 0. The highest BCUT2D eigenvalue weighted by Crippen LogP contribution is 2.29. The summed E-state index contributed by atoms with van der Waals surface area (Å²) in [6.45, 7) is 0.693. The molecule has 1 fully saturated rings. The lowest BCUT2D eigenvalue weighted by Crippen LogP contribution is -2.56. The van der Waals surface area contributed by atoms with Gasteiger partial charge in [-0.2, -0.15) is 13.2 Å². The number of ether oxygens (including phenoxy) is 2. The highest BCUT2D eigenvalue weighted by molar-refractivity contribution is 5.77. The maximum absolute atomic E-state index is 12.7. The van der Waals surface area contributed by atoms with E-state index in [1.165, 1.54) is 12.1 Å². The molecule has 8 heteroatoms. The predicted molar refractivity (Wildman–Crippen MR) is 91.6 cm³/mol. The van der Waals surface area contributed by atoms with Crippen LogP contribution in [0.15, 0.2) is 42.5 Å². The van der Waals surface area contributed by atoms with Crippen LogP contribution in [0.4, 0.5) is 13.2 Å². The number of hydrogen-bond donors (Lipinski definition) is 0. The monoisotopic (exact) mass is 380 g/mol. The molecule has 0 N–H and O–H groups in total. The maximum atomic E-state index is 12.7. The van der Waals surface area contributed by atoms with Crippen LogP contribution in [0.1, 0.15) is 17.7 Å². The molecule has 1 aliphatic heterocycles. The second-order valence-corrected chi connectivity index (χ2v) is 6.25. The van der Waals surface area contributed by atoms with E-state index in [1.54, 1.807) is 12.0 Å². The van der Waals surface area contributed by atoms with Crippen molar-refractivity contribution in [1.29, 1.82) is 0 Å². The molecule has 144 valence electrons. The first kappa shape index (κ1) is 19.0. The SMILES string of the molecule is COc1ccc(CCC(=O)N2CC(Oc3cccc(C(F)(F)F)n3)C2)cc1. The Morgan fingerprint density at radius 3 is 2.52 bits per heavy atom. The van der Waals surface area contributed by atoms with Crippen LogP contribution in [0.25, 0.3) is 0 Å². The third-order valence-corrected chi connectivity index (χ3v) is 4.29. The average Bonchev–Trinajstić information content (AvgIpc) is 2.62. The summed E-state index contributed by atoms with van der Waals surface area (Å²) >= 11 is 0. The van der Waals surface area contributed by atoms with E-state index in [1.807, 2.05) is 24.3 Å². The molecule has 0 saturated carbocycles. The fourth-order valence-electron chi connectivity index (χ4n) is 2.73. The molecule has 1 saturated heterocycles. The summed E-state index contributed by atoms with van der Waals surface area (Å²) in [5.41, 5.74) is 0.0392. The number of aromatic nitrogens is 1. The Kier molecular flexibility index (Phi) is 5.53. The third kappa shape index (κ3) is 4.90. The molecule has 2 heterocycles. The zero-order chi connectivity index (χ0) is 19.4. The molecule has 0 spiro atoms. The molecule has 1 amide bonds. The van der Waals surface area contributed by atoms with Crippen molar-refractivity contribution in [2.45, 2.75) is 25.1 Å². The number of benzene rings is 1. The van der Waals surface area contributed by atoms with E-state index >= 15 is 0 Å². The summed E-state index contributed by atoms with van der Waals surface area (Å²) in [6.07, 6.45) is -3.88. The topological polar surface area (TPSA) is 51.7 Å². The number of pyridine rings is 1. The highest BCUT2D eigenvalue weighted by atomic mass is 19.4. The molecule has 0 aliphatic carbocycles. The molecule has 1 aromatic carbocycles. The number of rotatable bonds is 6. The molecule has 0 atom stereocenters. The standard InChI is InChI=1S/C19H19F3N2O3/c1-26-14-8-5-13(6-9-14)7-10-18(25)24-11-15(12-24)27-17-4-2-3-16(23-17)19(20,21)22/h2-6,8-9,15H,7,10-12H2,1H3. The zero-order valence-corrected chi connectivity index (χ0v) is 14.7. The van der Waals surface area contributed by atoms with E-state index < -0.39 is 11.9 Å². The quantitative estimate of drug-likeness (QED) is 0.772. The van der Waals surface area contributed by atoms with E-state index in [9.17, 15) is 18.0 Å². The maximum Gasteiger partial charge on any atom is 0.433 e. The minimum absolute atomic E-state index is 0.0114. The van der Waals surface area contributed by atoms with Crippen LogP contribution in [0.5, 0.6) is 11.6 Å². The number of carbonyl (C=O) groups excluding carboxylic acids is 1. The second-order valence-electron chi connectivity index (χ2n) is 6.25. The third-order valence-electron chi connectivity index (χ3n) is 4.29. The fourth-order valence-corrected chi connectivity index (χ4v) is 2.73. The predicted octanol–water partition coefficient (Wildman–Crippen LogP) is 3.33. The van der Waals surface area contributed by atoms with Crippen molar-refractivity contribution in [2.24, 2.45) is 0 Å². The van der Waals surface area contributed by atoms with Crippen LogP contribution in [-0.4, -0.2) is 42.1 Å². The van der Waals surface area contributed by atoms with Gasteiger partial charge in [0.05, 0.1) is 20.2 Å². The first-order valence-electron chi connectivity index (χ1n) is 8.47. The number of hydrogen-bond acceptors (Lipinski definition) is 4. The van der Waals surface area contributed by atoms with Crippen molar-refractivity contribution in [1.82, 2.24) is 9.88 Å². The highest BCUT2D eigenvalue weighted by Gasteiger charge is 2.34. The minimum Gasteiger partial charge on any atom is -0.497 e. The molecule has 0 unspecified atom stereocenters. The Balaban J connectivity index is 1.44. The Morgan fingerprint density at radius 2 is 1.89 bits per heavy atom. The van der Waals surface area contributed by atoms with Gasteiger partial charge in [-0.05, 0) is 30.2 Å². The number of carbonyl (C=O) groups is 1. The summed E-state index contributed by atoms with van der Waals surface area (Å²) < 4.78 is 48.5. The molecular weight excluding hydrogens is 361 g/mol. The van der Waals surface area contributed by atoms with Gasteiger partial charge >= 0.3 is 6.18 Å². The molecule has 5 nitrogen and oxygen atoms in total. The Labute approximate surface area is 154 Å². The lowest BCUT2D eigenvalue weighted by atomic mass is 10.1. The summed E-state index contributed by atoms with van der Waals surface area (Å²) in [7, 11) is 1.59. The minimum atomic E-state index is -4.51. The van der Waals surface area contributed by atoms with Crippen molar-refractivity contribution < 1.29 is 27.4 Å². The van der Waals surface area contributed by atoms with Crippen molar-refractivity contribution in [3.8, 4) is 11.6 Å². The molecular formula is C19H19F3N2O3. The van der Waals surface area contributed by atoms with Crippen LogP contribution in [0.3, 0.4) is 0 Å². The van der Waals surface area contributed by atoms with Crippen LogP contribution in [-0.2, 0) is 17.4 Å². The van der Waals surface area contributed by atoms with Gasteiger partial charge in [0.2, 0.25) is 11.8 Å². The number of methoxy groups -OCH3 is 1. The van der Waals surface area contributed by atoms with Crippen LogP contribution in [0.2, 0.25) is 0 Å². The Hall–Kier alpha value is -2.77. The largest absolute Gasteiger partial charge is 0.497 e. The lowest BCUT2D eigenvalue weighted by Gasteiger charge is -2.38. The van der Waals surface area contributed by atoms with Gasteiger partial charge in [0, 0.05) is 12.5 Å². The van der Waals surface area contributed by atoms with Crippen LogP contribution in [0, 0.1) is 0 Å². The molecule has 0 radical (unpaired) electrons. The molecule has 0 bridgehead atoms. The number of halogens is 3. The van der Waals surface area contributed by atoms with Crippen molar-refractivity contribution in [2.75, 3.05) is 20.2 Å². The van der Waals surface area contributed by atoms with Gasteiger partial charge in [0.1, 0.15) is 17.5 Å².